The summed E-state index contributed by atoms with van der Waals surface area (Å²) >= 11 is 17.9. The summed E-state index contributed by atoms with van der Waals surface area (Å²) in [5, 5.41) is 3.49. The minimum Gasteiger partial charge on any atom is -0.345 e. The first kappa shape index (κ1) is 16.1. The van der Waals surface area contributed by atoms with Crippen LogP contribution in [0.25, 0.3) is 0 Å². The molecule has 0 spiro atoms. The second-order valence-electron chi connectivity index (χ2n) is 4.46. The third-order valence-electron chi connectivity index (χ3n) is 2.97. The van der Waals surface area contributed by atoms with Crippen molar-refractivity contribution in [2.75, 3.05) is 0 Å². The van der Waals surface area contributed by atoms with Crippen molar-refractivity contribution in [3.63, 3.8) is 0 Å². The van der Waals surface area contributed by atoms with E-state index in [0.717, 1.165) is 0 Å². The van der Waals surface area contributed by atoms with Crippen LogP contribution in [0.5, 0.6) is 0 Å². The van der Waals surface area contributed by atoms with E-state index in [-0.39, 0.29) is 21.5 Å². The SMILES string of the molecule is CC(NC(=O)c1cccc(Cl)c1Cl)c1ccc(F)cc1Cl. The zero-order valence-electron chi connectivity index (χ0n) is 11.0. The highest BCUT2D eigenvalue weighted by molar-refractivity contribution is 6.43. The van der Waals surface area contributed by atoms with E-state index in [1.165, 1.54) is 18.2 Å². The van der Waals surface area contributed by atoms with Crippen LogP contribution in [0.3, 0.4) is 0 Å². The molecule has 110 valence electrons. The molecule has 2 nitrogen and oxygen atoms in total. The lowest BCUT2D eigenvalue weighted by Gasteiger charge is -2.16. The lowest BCUT2D eigenvalue weighted by atomic mass is 10.1. The summed E-state index contributed by atoms with van der Waals surface area (Å²) in [5.74, 6) is -0.810. The fraction of sp³-hybridized carbons (Fsp3) is 0.133. The molecule has 1 N–H and O–H groups in total. The van der Waals surface area contributed by atoms with Gasteiger partial charge in [-0.15, -0.1) is 0 Å². The predicted octanol–water partition coefficient (Wildman–Crippen LogP) is 5.28. The molecule has 21 heavy (non-hydrogen) atoms. The van der Waals surface area contributed by atoms with Crippen LogP contribution in [0.2, 0.25) is 15.1 Å². The smallest absolute Gasteiger partial charge is 0.253 e. The average Bonchev–Trinajstić information content (AvgIpc) is 2.41. The van der Waals surface area contributed by atoms with Gasteiger partial charge in [0.2, 0.25) is 0 Å². The Kier molecular flexibility index (Phi) is 5.09. The molecule has 2 aromatic carbocycles. The first-order valence-electron chi connectivity index (χ1n) is 6.10. The Morgan fingerprint density at radius 2 is 1.86 bits per heavy atom. The highest BCUT2D eigenvalue weighted by Crippen LogP contribution is 2.27. The second kappa shape index (κ2) is 6.65. The summed E-state index contributed by atoms with van der Waals surface area (Å²) in [6.45, 7) is 1.75. The van der Waals surface area contributed by atoms with Crippen LogP contribution < -0.4 is 5.32 Å². The number of amides is 1. The summed E-state index contributed by atoms with van der Waals surface area (Å²) in [5.41, 5.74) is 0.888. The molecule has 1 unspecified atom stereocenters. The fourth-order valence-electron chi connectivity index (χ4n) is 1.88. The molecule has 0 saturated heterocycles. The van der Waals surface area contributed by atoms with Gasteiger partial charge in [0.05, 0.1) is 21.7 Å². The molecule has 0 saturated carbocycles. The Hall–Kier alpha value is -1.29. The highest BCUT2D eigenvalue weighted by Gasteiger charge is 2.17. The van der Waals surface area contributed by atoms with Gasteiger partial charge in [0.25, 0.3) is 5.91 Å². The molecular weight excluding hydrogens is 336 g/mol. The number of halogens is 4. The van der Waals surface area contributed by atoms with Gasteiger partial charge >= 0.3 is 0 Å². The van der Waals surface area contributed by atoms with Gasteiger partial charge in [0.1, 0.15) is 5.82 Å². The quantitative estimate of drug-likeness (QED) is 0.805. The normalized spacial score (nSPS) is 12.0. The van der Waals surface area contributed by atoms with E-state index >= 15 is 0 Å². The van der Waals surface area contributed by atoms with Crippen molar-refractivity contribution in [2.24, 2.45) is 0 Å². The van der Waals surface area contributed by atoms with Crippen LogP contribution in [-0.4, -0.2) is 5.91 Å². The van der Waals surface area contributed by atoms with Crippen molar-refractivity contribution in [1.29, 1.82) is 0 Å². The van der Waals surface area contributed by atoms with E-state index in [1.807, 2.05) is 0 Å². The lowest BCUT2D eigenvalue weighted by molar-refractivity contribution is 0.0940. The van der Waals surface area contributed by atoms with Gasteiger partial charge in [0, 0.05) is 5.02 Å². The zero-order chi connectivity index (χ0) is 15.6. The summed E-state index contributed by atoms with van der Waals surface area (Å²) < 4.78 is 13.0. The van der Waals surface area contributed by atoms with Gasteiger partial charge in [-0.1, -0.05) is 46.9 Å². The topological polar surface area (TPSA) is 29.1 Å². The van der Waals surface area contributed by atoms with Crippen molar-refractivity contribution in [2.45, 2.75) is 13.0 Å². The number of rotatable bonds is 3. The van der Waals surface area contributed by atoms with Crippen LogP contribution in [0, 0.1) is 5.82 Å². The Balaban J connectivity index is 2.21. The van der Waals surface area contributed by atoms with E-state index in [0.29, 0.717) is 10.6 Å². The molecule has 2 aromatic rings. The summed E-state index contributed by atoms with van der Waals surface area (Å²) in [4.78, 5) is 12.2. The summed E-state index contributed by atoms with van der Waals surface area (Å²) in [7, 11) is 0. The first-order valence-corrected chi connectivity index (χ1v) is 7.23. The lowest BCUT2D eigenvalue weighted by Crippen LogP contribution is -2.27. The van der Waals surface area contributed by atoms with Gasteiger partial charge in [-0.05, 0) is 36.8 Å². The van der Waals surface area contributed by atoms with Gasteiger partial charge in [-0.3, -0.25) is 4.79 Å². The molecule has 0 aliphatic carbocycles. The Labute approximate surface area is 136 Å². The maximum Gasteiger partial charge on any atom is 0.253 e. The number of nitrogens with one attached hydrogen (secondary N) is 1. The van der Waals surface area contributed by atoms with Crippen LogP contribution in [0.15, 0.2) is 36.4 Å². The van der Waals surface area contributed by atoms with Gasteiger partial charge in [0.15, 0.2) is 0 Å². The maximum absolute atomic E-state index is 13.0. The molecule has 2 rings (SSSR count). The molecular formula is C15H11Cl3FNO. The maximum atomic E-state index is 13.0. The molecule has 0 radical (unpaired) electrons. The predicted molar refractivity (Wildman–Crippen MR) is 83.8 cm³/mol. The van der Waals surface area contributed by atoms with Crippen LogP contribution in [0.1, 0.15) is 28.9 Å². The number of hydrogen-bond donors (Lipinski definition) is 1. The zero-order valence-corrected chi connectivity index (χ0v) is 13.2. The molecule has 0 aromatic heterocycles. The van der Waals surface area contributed by atoms with Crippen molar-refractivity contribution >= 4 is 40.7 Å². The van der Waals surface area contributed by atoms with Gasteiger partial charge in [-0.2, -0.15) is 0 Å². The first-order chi connectivity index (χ1) is 9.90. The minimum atomic E-state index is -0.430. The summed E-state index contributed by atoms with van der Waals surface area (Å²) in [6.07, 6.45) is 0. The summed E-state index contributed by atoms with van der Waals surface area (Å²) in [6, 6.07) is 8.42. The molecule has 6 heteroatoms. The fourth-order valence-corrected chi connectivity index (χ4v) is 2.60. The minimum absolute atomic E-state index is 0.189. The Morgan fingerprint density at radius 3 is 2.52 bits per heavy atom. The van der Waals surface area contributed by atoms with E-state index in [1.54, 1.807) is 25.1 Å². The van der Waals surface area contributed by atoms with Crippen LogP contribution >= 0.6 is 34.8 Å². The average molecular weight is 347 g/mol. The number of benzene rings is 2. The molecule has 0 aliphatic rings. The van der Waals surface area contributed by atoms with Crippen molar-refractivity contribution < 1.29 is 9.18 Å². The van der Waals surface area contributed by atoms with Crippen molar-refractivity contribution in [3.8, 4) is 0 Å². The monoisotopic (exact) mass is 345 g/mol. The third kappa shape index (κ3) is 3.67. The standard InChI is InChI=1S/C15H11Cl3FNO/c1-8(10-6-5-9(19)7-13(10)17)20-15(21)11-3-2-4-12(16)14(11)18/h2-8H,1H3,(H,20,21). The largest absolute Gasteiger partial charge is 0.345 e. The van der Waals surface area contributed by atoms with E-state index < -0.39 is 11.9 Å². The molecule has 0 aliphatic heterocycles. The molecule has 0 fully saturated rings. The van der Waals surface area contributed by atoms with Crippen molar-refractivity contribution in [3.05, 3.63) is 68.4 Å². The van der Waals surface area contributed by atoms with E-state index in [4.69, 9.17) is 34.8 Å². The Bertz CT molecular complexity index is 691. The highest BCUT2D eigenvalue weighted by atomic mass is 35.5. The van der Waals surface area contributed by atoms with Crippen molar-refractivity contribution in [1.82, 2.24) is 5.32 Å². The Morgan fingerprint density at radius 1 is 1.14 bits per heavy atom. The molecule has 0 bridgehead atoms. The van der Waals surface area contributed by atoms with Crippen LogP contribution in [0.4, 0.5) is 4.39 Å². The van der Waals surface area contributed by atoms with Crippen LogP contribution in [-0.2, 0) is 0 Å². The number of carbonyl (C=O) groups is 1. The second-order valence-corrected chi connectivity index (χ2v) is 5.65. The third-order valence-corrected chi connectivity index (χ3v) is 4.12. The number of carbonyl (C=O) groups excluding carboxylic acids is 1. The van der Waals surface area contributed by atoms with E-state index in [9.17, 15) is 9.18 Å². The molecule has 0 heterocycles. The molecule has 1 amide bonds. The number of hydrogen-bond acceptors (Lipinski definition) is 1. The van der Waals surface area contributed by atoms with E-state index in [2.05, 4.69) is 5.32 Å². The van der Waals surface area contributed by atoms with Gasteiger partial charge < -0.3 is 5.32 Å². The van der Waals surface area contributed by atoms with Gasteiger partial charge in [-0.25, -0.2) is 4.39 Å². The molecule has 1 atom stereocenters.